The number of rotatable bonds is 5. The van der Waals surface area contributed by atoms with Crippen LogP contribution in [0, 0.1) is 0 Å². The van der Waals surface area contributed by atoms with Crippen molar-refractivity contribution in [2.75, 3.05) is 11.5 Å². The first-order chi connectivity index (χ1) is 10.1. The zero-order valence-electron chi connectivity index (χ0n) is 12.6. The summed E-state index contributed by atoms with van der Waals surface area (Å²) in [7, 11) is 0. The molecule has 1 rings (SSSR count). The Morgan fingerprint density at radius 1 is 1.45 bits per heavy atom. The Morgan fingerprint density at radius 2 is 2.09 bits per heavy atom. The highest BCUT2D eigenvalue weighted by atomic mass is 79.9. The Hall–Kier alpha value is -1.41. The monoisotopic (exact) mass is 390 g/mol. The number of nitrogens with two attached hydrogens (primary N) is 1. The van der Waals surface area contributed by atoms with Gasteiger partial charge >= 0.3 is 12.1 Å². The van der Waals surface area contributed by atoms with E-state index in [0.29, 0.717) is 5.69 Å². The number of hydrogen-bond acceptors (Lipinski definition) is 5. The van der Waals surface area contributed by atoms with E-state index in [-0.39, 0.29) is 5.75 Å². The van der Waals surface area contributed by atoms with Crippen LogP contribution >= 0.6 is 27.7 Å². The standard InChI is InChI=1S/C14H19BrN2O4S/c1-14(2,3)21-13(20)17-10(12(18)19)7-22-11-5-4-8(15)6-9(11)16/h4-6,10H,7,16H2,1-3H3,(H,17,20)(H,18,19)/t10-/m1/s1. The molecule has 0 aliphatic rings. The average molecular weight is 391 g/mol. The molecule has 0 unspecified atom stereocenters. The number of nitrogen functional groups attached to an aromatic ring is 1. The van der Waals surface area contributed by atoms with Gasteiger partial charge in [0.25, 0.3) is 0 Å². The number of amides is 1. The summed E-state index contributed by atoms with van der Waals surface area (Å²) in [6, 6.07) is 4.27. The largest absolute Gasteiger partial charge is 0.480 e. The minimum atomic E-state index is -1.13. The van der Waals surface area contributed by atoms with E-state index in [2.05, 4.69) is 21.2 Å². The van der Waals surface area contributed by atoms with Gasteiger partial charge in [-0.25, -0.2) is 9.59 Å². The van der Waals surface area contributed by atoms with Gasteiger partial charge in [-0.3, -0.25) is 0 Å². The predicted octanol–water partition coefficient (Wildman–Crippen LogP) is 3.10. The summed E-state index contributed by atoms with van der Waals surface area (Å²) in [6.07, 6.45) is -0.760. The van der Waals surface area contributed by atoms with Crippen molar-refractivity contribution < 1.29 is 19.4 Å². The zero-order valence-corrected chi connectivity index (χ0v) is 15.0. The quantitative estimate of drug-likeness (QED) is 0.527. The lowest BCUT2D eigenvalue weighted by molar-refractivity contribution is -0.138. The second-order valence-electron chi connectivity index (χ2n) is 5.53. The number of nitrogens with one attached hydrogen (secondary N) is 1. The molecule has 22 heavy (non-hydrogen) atoms. The third kappa shape index (κ3) is 6.57. The number of halogens is 1. The summed E-state index contributed by atoms with van der Waals surface area (Å²) in [5.41, 5.74) is 5.72. The number of anilines is 1. The molecule has 1 atom stereocenters. The number of hydrogen-bond donors (Lipinski definition) is 3. The Bertz CT molecular complexity index is 560. The summed E-state index contributed by atoms with van der Waals surface area (Å²) in [5, 5.41) is 11.5. The van der Waals surface area contributed by atoms with Crippen molar-refractivity contribution in [2.24, 2.45) is 0 Å². The number of ether oxygens (including phenoxy) is 1. The van der Waals surface area contributed by atoms with Gasteiger partial charge in [0, 0.05) is 20.8 Å². The number of carbonyl (C=O) groups is 2. The fraction of sp³-hybridized carbons (Fsp3) is 0.429. The van der Waals surface area contributed by atoms with Crippen molar-refractivity contribution in [1.29, 1.82) is 0 Å². The highest BCUT2D eigenvalue weighted by Crippen LogP contribution is 2.28. The number of benzene rings is 1. The van der Waals surface area contributed by atoms with E-state index in [9.17, 15) is 14.7 Å². The van der Waals surface area contributed by atoms with E-state index in [1.807, 2.05) is 6.07 Å². The van der Waals surface area contributed by atoms with Crippen molar-refractivity contribution in [1.82, 2.24) is 5.32 Å². The molecule has 6 nitrogen and oxygen atoms in total. The zero-order chi connectivity index (χ0) is 16.9. The number of carboxylic acids is 1. The third-order valence-electron chi connectivity index (χ3n) is 2.37. The van der Waals surface area contributed by atoms with Gasteiger partial charge in [0.15, 0.2) is 0 Å². The van der Waals surface area contributed by atoms with Gasteiger partial charge in [0.2, 0.25) is 0 Å². The van der Waals surface area contributed by atoms with Crippen LogP contribution in [-0.2, 0) is 9.53 Å². The van der Waals surface area contributed by atoms with Crippen molar-refractivity contribution in [3.8, 4) is 0 Å². The maximum atomic E-state index is 11.7. The van der Waals surface area contributed by atoms with Crippen molar-refractivity contribution >= 4 is 45.4 Å². The van der Waals surface area contributed by atoms with E-state index in [1.165, 1.54) is 11.8 Å². The fourth-order valence-corrected chi connectivity index (χ4v) is 2.79. The molecule has 0 aliphatic carbocycles. The highest BCUT2D eigenvalue weighted by Gasteiger charge is 2.24. The van der Waals surface area contributed by atoms with Gasteiger partial charge in [-0.05, 0) is 39.0 Å². The molecule has 0 aliphatic heterocycles. The summed E-state index contributed by atoms with van der Waals surface area (Å²) in [5.74, 6) is -0.991. The fourth-order valence-electron chi connectivity index (χ4n) is 1.45. The first-order valence-electron chi connectivity index (χ1n) is 6.48. The highest BCUT2D eigenvalue weighted by molar-refractivity contribution is 9.10. The van der Waals surface area contributed by atoms with E-state index in [1.54, 1.807) is 32.9 Å². The van der Waals surface area contributed by atoms with Crippen LogP contribution in [-0.4, -0.2) is 34.6 Å². The minimum absolute atomic E-state index is 0.139. The normalized spacial score (nSPS) is 12.5. The first kappa shape index (κ1) is 18.6. The predicted molar refractivity (Wildman–Crippen MR) is 90.1 cm³/mol. The van der Waals surface area contributed by atoms with Crippen molar-refractivity contribution in [2.45, 2.75) is 37.3 Å². The van der Waals surface area contributed by atoms with E-state index in [4.69, 9.17) is 10.5 Å². The van der Waals surface area contributed by atoms with E-state index >= 15 is 0 Å². The smallest absolute Gasteiger partial charge is 0.408 e. The van der Waals surface area contributed by atoms with Gasteiger partial charge in [-0.1, -0.05) is 15.9 Å². The molecule has 0 saturated carbocycles. The van der Waals surface area contributed by atoms with Gasteiger partial charge in [0.05, 0.1) is 0 Å². The van der Waals surface area contributed by atoms with Gasteiger partial charge in [-0.2, -0.15) is 0 Å². The van der Waals surface area contributed by atoms with Crippen molar-refractivity contribution in [3.63, 3.8) is 0 Å². The molecular weight excluding hydrogens is 372 g/mol. The molecule has 0 heterocycles. The summed E-state index contributed by atoms with van der Waals surface area (Å²) in [4.78, 5) is 23.6. The topological polar surface area (TPSA) is 102 Å². The third-order valence-corrected chi connectivity index (χ3v) is 4.04. The molecule has 1 aromatic rings. The Balaban J connectivity index is 2.65. The molecule has 4 N–H and O–H groups in total. The van der Waals surface area contributed by atoms with Crippen LogP contribution in [0.4, 0.5) is 10.5 Å². The second kappa shape index (κ2) is 7.73. The lowest BCUT2D eigenvalue weighted by atomic mass is 10.2. The first-order valence-corrected chi connectivity index (χ1v) is 8.26. The maximum absolute atomic E-state index is 11.7. The molecule has 1 amide bonds. The molecule has 0 spiro atoms. The van der Waals surface area contributed by atoms with Crippen LogP contribution in [0.1, 0.15) is 20.8 Å². The van der Waals surface area contributed by atoms with Crippen LogP contribution < -0.4 is 11.1 Å². The summed E-state index contributed by atoms with van der Waals surface area (Å²) in [6.45, 7) is 5.12. The lowest BCUT2D eigenvalue weighted by Crippen LogP contribution is -2.44. The van der Waals surface area contributed by atoms with Crippen LogP contribution in [0.25, 0.3) is 0 Å². The summed E-state index contributed by atoms with van der Waals surface area (Å²) < 4.78 is 5.90. The Labute approximate surface area is 141 Å². The maximum Gasteiger partial charge on any atom is 0.408 e. The van der Waals surface area contributed by atoms with E-state index in [0.717, 1.165) is 9.37 Å². The van der Waals surface area contributed by atoms with Crippen LogP contribution in [0.2, 0.25) is 0 Å². The average Bonchev–Trinajstić information content (AvgIpc) is 2.33. The Morgan fingerprint density at radius 3 is 2.59 bits per heavy atom. The number of thioether (sulfide) groups is 1. The molecule has 122 valence electrons. The molecule has 0 fully saturated rings. The van der Waals surface area contributed by atoms with Gasteiger partial charge in [-0.15, -0.1) is 11.8 Å². The van der Waals surface area contributed by atoms with Crippen LogP contribution in [0.3, 0.4) is 0 Å². The molecule has 1 aromatic carbocycles. The number of alkyl carbamates (subject to hydrolysis) is 1. The molecule has 8 heteroatoms. The minimum Gasteiger partial charge on any atom is -0.480 e. The molecule has 0 bridgehead atoms. The second-order valence-corrected chi connectivity index (χ2v) is 7.51. The lowest BCUT2D eigenvalue weighted by Gasteiger charge is -2.22. The number of carboxylic acid groups (broad SMARTS) is 1. The van der Waals surface area contributed by atoms with Crippen LogP contribution in [0.5, 0.6) is 0 Å². The number of aliphatic carboxylic acids is 1. The molecule has 0 aromatic heterocycles. The Kier molecular flexibility index (Phi) is 6.55. The molecule has 0 saturated heterocycles. The van der Waals surface area contributed by atoms with E-state index < -0.39 is 23.7 Å². The SMILES string of the molecule is CC(C)(C)OC(=O)N[C@H](CSc1ccc(Br)cc1N)C(=O)O. The molecular formula is C14H19BrN2O4S. The van der Waals surface area contributed by atoms with Gasteiger partial charge in [0.1, 0.15) is 11.6 Å². The van der Waals surface area contributed by atoms with Gasteiger partial charge < -0.3 is 20.9 Å². The number of carbonyl (C=O) groups excluding carboxylic acids is 1. The summed E-state index contributed by atoms with van der Waals surface area (Å²) >= 11 is 4.56. The molecule has 0 radical (unpaired) electrons. The van der Waals surface area contributed by atoms with Crippen molar-refractivity contribution in [3.05, 3.63) is 22.7 Å². The van der Waals surface area contributed by atoms with Crippen LogP contribution in [0.15, 0.2) is 27.6 Å².